The summed E-state index contributed by atoms with van der Waals surface area (Å²) in [6, 6.07) is 8.19. The van der Waals surface area contributed by atoms with Gasteiger partial charge in [0.25, 0.3) is 0 Å². The number of anilines is 1. The minimum atomic E-state index is 0. The van der Waals surface area contributed by atoms with Crippen LogP contribution >= 0.6 is 12.4 Å². The predicted molar refractivity (Wildman–Crippen MR) is 76.0 cm³/mol. The Bertz CT molecular complexity index is 337. The van der Waals surface area contributed by atoms with Gasteiger partial charge >= 0.3 is 0 Å². The predicted octanol–water partition coefficient (Wildman–Crippen LogP) is 1.23. The van der Waals surface area contributed by atoms with Gasteiger partial charge in [-0.15, -0.1) is 12.4 Å². The fourth-order valence-electron chi connectivity index (χ4n) is 2.16. The van der Waals surface area contributed by atoms with Crippen LogP contribution in [0.5, 0.6) is 5.75 Å². The Labute approximate surface area is 115 Å². The fraction of sp³-hybridized carbons (Fsp3) is 0.538. The first-order valence-electron chi connectivity index (χ1n) is 6.05. The molecular formula is C13H21ClN2O2. The molecule has 1 fully saturated rings. The molecular weight excluding hydrogens is 252 g/mol. The summed E-state index contributed by atoms with van der Waals surface area (Å²) in [4.78, 5) is 4.66. The number of benzene rings is 1. The molecule has 1 aromatic carbocycles. The molecule has 1 heterocycles. The Kier molecular flexibility index (Phi) is 6.25. The van der Waals surface area contributed by atoms with E-state index in [-0.39, 0.29) is 19.0 Å². The van der Waals surface area contributed by atoms with E-state index >= 15 is 0 Å². The highest BCUT2D eigenvalue weighted by molar-refractivity contribution is 5.85. The molecule has 4 nitrogen and oxygen atoms in total. The number of aliphatic hydroxyl groups excluding tert-OH is 1. The molecule has 1 aliphatic heterocycles. The molecule has 1 aromatic rings. The van der Waals surface area contributed by atoms with Gasteiger partial charge in [-0.2, -0.15) is 0 Å². The molecule has 5 heteroatoms. The normalized spacial score (nSPS) is 16.2. The minimum Gasteiger partial charge on any atom is -0.497 e. The molecule has 1 aliphatic rings. The number of hydrogen-bond donors (Lipinski definition) is 1. The Hall–Kier alpha value is -0.970. The van der Waals surface area contributed by atoms with Crippen molar-refractivity contribution in [3.05, 3.63) is 24.3 Å². The van der Waals surface area contributed by atoms with E-state index in [9.17, 15) is 0 Å². The quantitative estimate of drug-likeness (QED) is 0.895. The lowest BCUT2D eigenvalue weighted by molar-refractivity contribution is 0.189. The highest BCUT2D eigenvalue weighted by Gasteiger charge is 2.16. The molecule has 18 heavy (non-hydrogen) atoms. The molecule has 1 N–H and O–H groups in total. The summed E-state index contributed by atoms with van der Waals surface area (Å²) in [6.45, 7) is 5.12. The molecule has 0 saturated carbocycles. The molecule has 0 atom stereocenters. The lowest BCUT2D eigenvalue weighted by atomic mass is 10.2. The number of halogens is 1. The smallest absolute Gasteiger partial charge is 0.119 e. The fourth-order valence-corrected chi connectivity index (χ4v) is 2.16. The van der Waals surface area contributed by atoms with Gasteiger partial charge in [-0.3, -0.25) is 4.90 Å². The first-order valence-corrected chi connectivity index (χ1v) is 6.05. The van der Waals surface area contributed by atoms with Crippen LogP contribution in [-0.4, -0.2) is 56.4 Å². The SMILES string of the molecule is COc1ccc(N2CCN(CCO)CC2)cc1.Cl. The zero-order chi connectivity index (χ0) is 12.1. The van der Waals surface area contributed by atoms with Gasteiger partial charge < -0.3 is 14.7 Å². The van der Waals surface area contributed by atoms with E-state index in [1.165, 1.54) is 5.69 Å². The topological polar surface area (TPSA) is 35.9 Å². The second kappa shape index (κ2) is 7.46. The average molecular weight is 273 g/mol. The maximum Gasteiger partial charge on any atom is 0.119 e. The van der Waals surface area contributed by atoms with E-state index in [0.717, 1.165) is 38.5 Å². The molecule has 0 aromatic heterocycles. The van der Waals surface area contributed by atoms with Crippen LogP contribution in [0, 0.1) is 0 Å². The van der Waals surface area contributed by atoms with Gasteiger partial charge in [-0.1, -0.05) is 0 Å². The van der Waals surface area contributed by atoms with Crippen molar-refractivity contribution < 1.29 is 9.84 Å². The second-order valence-corrected chi connectivity index (χ2v) is 4.25. The highest BCUT2D eigenvalue weighted by atomic mass is 35.5. The number of nitrogens with zero attached hydrogens (tertiary/aromatic N) is 2. The van der Waals surface area contributed by atoms with Gasteiger partial charge in [0.1, 0.15) is 5.75 Å². The third kappa shape index (κ3) is 3.77. The number of β-amino-alcohol motifs (C(OH)–C–C–N with tert-alkyl or cyclic N) is 1. The Morgan fingerprint density at radius 3 is 2.22 bits per heavy atom. The summed E-state index contributed by atoms with van der Waals surface area (Å²) in [6.07, 6.45) is 0. The Morgan fingerprint density at radius 1 is 1.11 bits per heavy atom. The van der Waals surface area contributed by atoms with Crippen molar-refractivity contribution in [2.45, 2.75) is 0 Å². The molecule has 2 rings (SSSR count). The summed E-state index contributed by atoms with van der Waals surface area (Å²) >= 11 is 0. The summed E-state index contributed by atoms with van der Waals surface area (Å²) in [5.74, 6) is 0.896. The van der Waals surface area contributed by atoms with E-state index in [0.29, 0.717) is 0 Å². The van der Waals surface area contributed by atoms with Crippen molar-refractivity contribution >= 4 is 18.1 Å². The standard InChI is InChI=1S/C13H20N2O2.ClH/c1-17-13-4-2-12(3-5-13)15-8-6-14(7-9-15)10-11-16;/h2-5,16H,6-11H2,1H3;1H. The van der Waals surface area contributed by atoms with Crippen LogP contribution in [0.25, 0.3) is 0 Å². The lowest BCUT2D eigenvalue weighted by Crippen LogP contribution is -2.47. The number of ether oxygens (including phenoxy) is 1. The summed E-state index contributed by atoms with van der Waals surface area (Å²) < 4.78 is 5.15. The molecule has 0 bridgehead atoms. The molecule has 0 amide bonds. The molecule has 0 aliphatic carbocycles. The summed E-state index contributed by atoms with van der Waals surface area (Å²) in [7, 11) is 1.68. The number of rotatable bonds is 4. The van der Waals surface area contributed by atoms with Crippen molar-refractivity contribution in [3.8, 4) is 5.75 Å². The van der Waals surface area contributed by atoms with Crippen molar-refractivity contribution in [2.75, 3.05) is 51.3 Å². The van der Waals surface area contributed by atoms with Crippen molar-refractivity contribution in [2.24, 2.45) is 0 Å². The van der Waals surface area contributed by atoms with Crippen LogP contribution in [0.1, 0.15) is 0 Å². The first-order chi connectivity index (χ1) is 8.33. The van der Waals surface area contributed by atoms with Crippen molar-refractivity contribution in [3.63, 3.8) is 0 Å². The zero-order valence-electron chi connectivity index (χ0n) is 10.7. The first kappa shape index (κ1) is 15.1. The molecule has 102 valence electrons. The third-order valence-electron chi connectivity index (χ3n) is 3.23. The minimum absolute atomic E-state index is 0. The maximum absolute atomic E-state index is 8.89. The molecule has 0 radical (unpaired) electrons. The van der Waals surface area contributed by atoms with Gasteiger partial charge in [-0.25, -0.2) is 0 Å². The Balaban J connectivity index is 0.00000162. The largest absolute Gasteiger partial charge is 0.497 e. The van der Waals surface area contributed by atoms with Crippen molar-refractivity contribution in [1.82, 2.24) is 4.90 Å². The van der Waals surface area contributed by atoms with Gasteiger partial charge in [0.15, 0.2) is 0 Å². The monoisotopic (exact) mass is 272 g/mol. The maximum atomic E-state index is 8.89. The Morgan fingerprint density at radius 2 is 1.72 bits per heavy atom. The average Bonchev–Trinajstić information content (AvgIpc) is 2.40. The van der Waals surface area contributed by atoms with E-state index in [4.69, 9.17) is 9.84 Å². The van der Waals surface area contributed by atoms with Crippen LogP contribution in [-0.2, 0) is 0 Å². The second-order valence-electron chi connectivity index (χ2n) is 4.25. The van der Waals surface area contributed by atoms with Crippen LogP contribution in [0.15, 0.2) is 24.3 Å². The molecule has 1 saturated heterocycles. The van der Waals surface area contributed by atoms with E-state index in [1.54, 1.807) is 7.11 Å². The highest BCUT2D eigenvalue weighted by Crippen LogP contribution is 2.20. The van der Waals surface area contributed by atoms with E-state index in [1.807, 2.05) is 12.1 Å². The van der Waals surface area contributed by atoms with E-state index < -0.39 is 0 Å². The lowest BCUT2D eigenvalue weighted by Gasteiger charge is -2.35. The molecule has 0 spiro atoms. The van der Waals surface area contributed by atoms with Gasteiger partial charge in [-0.05, 0) is 24.3 Å². The van der Waals surface area contributed by atoms with E-state index in [2.05, 4.69) is 21.9 Å². The van der Waals surface area contributed by atoms with Gasteiger partial charge in [0, 0.05) is 38.4 Å². The number of methoxy groups -OCH3 is 1. The van der Waals surface area contributed by atoms with Crippen molar-refractivity contribution in [1.29, 1.82) is 0 Å². The third-order valence-corrected chi connectivity index (χ3v) is 3.23. The number of hydrogen-bond acceptors (Lipinski definition) is 4. The number of aliphatic hydroxyl groups is 1. The van der Waals surface area contributed by atoms with Gasteiger partial charge in [0.05, 0.1) is 13.7 Å². The van der Waals surface area contributed by atoms with Crippen LogP contribution < -0.4 is 9.64 Å². The zero-order valence-corrected chi connectivity index (χ0v) is 11.5. The molecule has 0 unspecified atom stereocenters. The number of piperazine rings is 1. The van der Waals surface area contributed by atoms with Crippen LogP contribution in [0.3, 0.4) is 0 Å². The summed E-state index contributed by atoms with van der Waals surface area (Å²) in [5, 5.41) is 8.89. The van der Waals surface area contributed by atoms with Gasteiger partial charge in [0.2, 0.25) is 0 Å². The summed E-state index contributed by atoms with van der Waals surface area (Å²) in [5.41, 5.74) is 1.24. The van der Waals surface area contributed by atoms with Crippen LogP contribution in [0.4, 0.5) is 5.69 Å². The van der Waals surface area contributed by atoms with Crippen LogP contribution in [0.2, 0.25) is 0 Å².